The Labute approximate surface area is 107 Å². The standard InChI is InChI=1S/C13H17N3O2/c1-4-7-16(9-12(17)18-3)13-11(8-14)6-5-10(2)15-13/h5-6H,4,7,9H2,1-3H3. The van der Waals surface area contributed by atoms with E-state index < -0.39 is 0 Å². The van der Waals surface area contributed by atoms with Gasteiger partial charge in [0.05, 0.1) is 12.7 Å². The molecule has 5 heteroatoms. The average molecular weight is 247 g/mol. The first-order valence-corrected chi connectivity index (χ1v) is 5.81. The van der Waals surface area contributed by atoms with Gasteiger partial charge in [0, 0.05) is 12.2 Å². The van der Waals surface area contributed by atoms with Gasteiger partial charge in [-0.05, 0) is 25.5 Å². The van der Waals surface area contributed by atoms with Gasteiger partial charge in [-0.2, -0.15) is 5.26 Å². The van der Waals surface area contributed by atoms with E-state index in [1.54, 1.807) is 17.0 Å². The molecule has 0 saturated carbocycles. The van der Waals surface area contributed by atoms with Crippen molar-refractivity contribution < 1.29 is 9.53 Å². The van der Waals surface area contributed by atoms with Crippen LogP contribution in [0.15, 0.2) is 12.1 Å². The highest BCUT2D eigenvalue weighted by molar-refractivity contribution is 5.76. The van der Waals surface area contributed by atoms with Crippen LogP contribution >= 0.6 is 0 Å². The van der Waals surface area contributed by atoms with Gasteiger partial charge >= 0.3 is 5.97 Å². The first-order chi connectivity index (χ1) is 8.62. The molecule has 0 bridgehead atoms. The van der Waals surface area contributed by atoms with E-state index >= 15 is 0 Å². The molecule has 96 valence electrons. The van der Waals surface area contributed by atoms with Gasteiger partial charge in [-0.25, -0.2) is 4.98 Å². The largest absolute Gasteiger partial charge is 0.468 e. The predicted molar refractivity (Wildman–Crippen MR) is 68.2 cm³/mol. The SMILES string of the molecule is CCCN(CC(=O)OC)c1nc(C)ccc1C#N. The lowest BCUT2D eigenvalue weighted by molar-refractivity contribution is -0.138. The zero-order valence-electron chi connectivity index (χ0n) is 10.9. The molecule has 0 aliphatic heterocycles. The van der Waals surface area contributed by atoms with Crippen molar-refractivity contribution in [3.05, 3.63) is 23.4 Å². The van der Waals surface area contributed by atoms with Gasteiger partial charge in [0.1, 0.15) is 18.4 Å². The second kappa shape index (κ2) is 6.60. The molecule has 0 radical (unpaired) electrons. The first-order valence-electron chi connectivity index (χ1n) is 5.81. The summed E-state index contributed by atoms with van der Waals surface area (Å²) in [6, 6.07) is 5.60. The summed E-state index contributed by atoms with van der Waals surface area (Å²) < 4.78 is 4.66. The molecule has 0 aliphatic carbocycles. The smallest absolute Gasteiger partial charge is 0.325 e. The lowest BCUT2D eigenvalue weighted by Crippen LogP contribution is -2.32. The number of esters is 1. The lowest BCUT2D eigenvalue weighted by Gasteiger charge is -2.22. The molecule has 1 heterocycles. The van der Waals surface area contributed by atoms with Crippen LogP contribution < -0.4 is 4.90 Å². The zero-order chi connectivity index (χ0) is 13.5. The number of carbonyl (C=O) groups is 1. The summed E-state index contributed by atoms with van der Waals surface area (Å²) in [5, 5.41) is 9.08. The third kappa shape index (κ3) is 3.45. The van der Waals surface area contributed by atoms with E-state index in [1.165, 1.54) is 7.11 Å². The molecule has 18 heavy (non-hydrogen) atoms. The number of hydrogen-bond acceptors (Lipinski definition) is 5. The molecule has 1 aromatic heterocycles. The number of anilines is 1. The fraction of sp³-hybridized carbons (Fsp3) is 0.462. The summed E-state index contributed by atoms with van der Waals surface area (Å²) in [5.41, 5.74) is 1.29. The molecule has 1 aromatic rings. The van der Waals surface area contributed by atoms with Gasteiger partial charge in [0.25, 0.3) is 0 Å². The quantitative estimate of drug-likeness (QED) is 0.740. The van der Waals surface area contributed by atoms with Gasteiger partial charge < -0.3 is 9.64 Å². The van der Waals surface area contributed by atoms with Gasteiger partial charge in [0.2, 0.25) is 0 Å². The van der Waals surface area contributed by atoms with Crippen LogP contribution in [0.2, 0.25) is 0 Å². The molecule has 1 rings (SSSR count). The second-order valence-corrected chi connectivity index (χ2v) is 3.93. The number of methoxy groups -OCH3 is 1. The Kier molecular flexibility index (Phi) is 5.12. The van der Waals surface area contributed by atoms with Crippen molar-refractivity contribution in [2.75, 3.05) is 25.1 Å². The number of nitrogens with zero attached hydrogens (tertiary/aromatic N) is 3. The Balaban J connectivity index is 3.08. The number of aromatic nitrogens is 1. The maximum Gasteiger partial charge on any atom is 0.325 e. The Morgan fingerprint density at radius 1 is 1.56 bits per heavy atom. The summed E-state index contributed by atoms with van der Waals surface area (Å²) in [5.74, 6) is 0.209. The van der Waals surface area contributed by atoms with E-state index in [-0.39, 0.29) is 12.5 Å². The van der Waals surface area contributed by atoms with E-state index in [4.69, 9.17) is 5.26 Å². The molecule has 5 nitrogen and oxygen atoms in total. The van der Waals surface area contributed by atoms with Gasteiger partial charge in [-0.3, -0.25) is 4.79 Å². The fourth-order valence-electron chi connectivity index (χ4n) is 1.62. The summed E-state index contributed by atoms with van der Waals surface area (Å²) in [6.07, 6.45) is 0.859. The molecular formula is C13H17N3O2. The molecule has 0 aromatic carbocycles. The van der Waals surface area contributed by atoms with Crippen LogP contribution in [0.25, 0.3) is 0 Å². The Bertz CT molecular complexity index is 466. The van der Waals surface area contributed by atoms with Crippen LogP contribution in [0.4, 0.5) is 5.82 Å². The Morgan fingerprint density at radius 3 is 2.83 bits per heavy atom. The number of ether oxygens (including phenoxy) is 1. The number of carbonyl (C=O) groups excluding carboxylic acids is 1. The van der Waals surface area contributed by atoms with Crippen molar-refractivity contribution in [2.45, 2.75) is 20.3 Å². The molecule has 0 fully saturated rings. The van der Waals surface area contributed by atoms with Crippen molar-refractivity contribution in [1.29, 1.82) is 5.26 Å². The molecule has 0 saturated heterocycles. The molecule has 0 spiro atoms. The highest BCUT2D eigenvalue weighted by atomic mass is 16.5. The van der Waals surface area contributed by atoms with Gasteiger partial charge in [-0.1, -0.05) is 6.92 Å². The summed E-state index contributed by atoms with van der Waals surface area (Å²) in [6.45, 7) is 4.62. The molecule has 0 amide bonds. The molecule has 0 N–H and O–H groups in total. The van der Waals surface area contributed by atoms with Crippen molar-refractivity contribution in [1.82, 2.24) is 4.98 Å². The van der Waals surface area contributed by atoms with Gasteiger partial charge in [0.15, 0.2) is 0 Å². The summed E-state index contributed by atoms with van der Waals surface area (Å²) in [4.78, 5) is 17.5. The summed E-state index contributed by atoms with van der Waals surface area (Å²) >= 11 is 0. The Hall–Kier alpha value is -2.09. The number of hydrogen-bond donors (Lipinski definition) is 0. The van der Waals surface area contributed by atoms with E-state index in [2.05, 4.69) is 15.8 Å². The van der Waals surface area contributed by atoms with Crippen molar-refractivity contribution in [2.24, 2.45) is 0 Å². The topological polar surface area (TPSA) is 66.2 Å². The fourth-order valence-corrected chi connectivity index (χ4v) is 1.62. The number of aryl methyl sites for hydroxylation is 1. The van der Waals surface area contributed by atoms with Crippen LogP contribution in [0.1, 0.15) is 24.6 Å². The minimum absolute atomic E-state index is 0.107. The van der Waals surface area contributed by atoms with E-state index in [1.807, 2.05) is 13.8 Å². The molecule has 0 atom stereocenters. The number of rotatable bonds is 5. The van der Waals surface area contributed by atoms with Crippen molar-refractivity contribution in [3.8, 4) is 6.07 Å². The van der Waals surface area contributed by atoms with E-state index in [0.717, 1.165) is 12.1 Å². The lowest BCUT2D eigenvalue weighted by atomic mass is 10.2. The highest BCUT2D eigenvalue weighted by Gasteiger charge is 2.16. The number of pyridine rings is 1. The minimum atomic E-state index is -0.337. The predicted octanol–water partition coefficient (Wildman–Crippen LogP) is 1.65. The maximum atomic E-state index is 11.4. The van der Waals surface area contributed by atoms with Crippen LogP contribution in [-0.4, -0.2) is 31.2 Å². The molecule has 0 unspecified atom stereocenters. The Morgan fingerprint density at radius 2 is 2.28 bits per heavy atom. The van der Waals surface area contributed by atoms with E-state index in [9.17, 15) is 4.79 Å². The highest BCUT2D eigenvalue weighted by Crippen LogP contribution is 2.18. The normalized spacial score (nSPS) is 9.67. The molecule has 0 aliphatic rings. The average Bonchev–Trinajstić information content (AvgIpc) is 2.38. The van der Waals surface area contributed by atoms with Crippen molar-refractivity contribution in [3.63, 3.8) is 0 Å². The second-order valence-electron chi connectivity index (χ2n) is 3.93. The monoisotopic (exact) mass is 247 g/mol. The number of nitriles is 1. The van der Waals surface area contributed by atoms with Gasteiger partial charge in [-0.15, -0.1) is 0 Å². The first kappa shape index (κ1) is 14.0. The van der Waals surface area contributed by atoms with Crippen molar-refractivity contribution >= 4 is 11.8 Å². The van der Waals surface area contributed by atoms with Crippen LogP contribution in [0.3, 0.4) is 0 Å². The molecular weight excluding hydrogens is 230 g/mol. The third-order valence-electron chi connectivity index (χ3n) is 2.48. The van der Waals surface area contributed by atoms with Crippen LogP contribution in [0.5, 0.6) is 0 Å². The van der Waals surface area contributed by atoms with Crippen LogP contribution in [0, 0.1) is 18.3 Å². The maximum absolute atomic E-state index is 11.4. The van der Waals surface area contributed by atoms with Crippen LogP contribution in [-0.2, 0) is 9.53 Å². The van der Waals surface area contributed by atoms with E-state index in [0.29, 0.717) is 17.9 Å². The third-order valence-corrected chi connectivity index (χ3v) is 2.48. The zero-order valence-corrected chi connectivity index (χ0v) is 10.9. The minimum Gasteiger partial charge on any atom is -0.468 e. The summed E-state index contributed by atoms with van der Waals surface area (Å²) in [7, 11) is 1.35.